The first-order valence-corrected chi connectivity index (χ1v) is 16.5. The molecule has 3 aromatic rings. The molecule has 1 aromatic carbocycles. The molecule has 6 rings (SSSR count). The highest BCUT2D eigenvalue weighted by molar-refractivity contribution is 7.89. The fourth-order valence-corrected chi connectivity index (χ4v) is 8.21. The third-order valence-electron chi connectivity index (χ3n) is 8.94. The molecule has 12 heteroatoms. The molecule has 0 spiro atoms. The van der Waals surface area contributed by atoms with E-state index in [1.165, 1.54) is 24.7 Å². The zero-order valence-corrected chi connectivity index (χ0v) is 25.9. The molecule has 0 aliphatic carbocycles. The van der Waals surface area contributed by atoms with Crippen LogP contribution in [0.1, 0.15) is 52.3 Å². The molecule has 0 bridgehead atoms. The summed E-state index contributed by atoms with van der Waals surface area (Å²) in [4.78, 5) is 29.2. The summed E-state index contributed by atoms with van der Waals surface area (Å²) in [6.45, 7) is 9.66. The summed E-state index contributed by atoms with van der Waals surface area (Å²) < 4.78 is 39.4. The molecular weight excluding hydrogens is 568 g/mol. The van der Waals surface area contributed by atoms with Gasteiger partial charge < -0.3 is 19.0 Å². The Morgan fingerprint density at radius 1 is 1.07 bits per heavy atom. The number of hydrogen-bond acceptors (Lipinski definition) is 9. The number of piperidine rings is 1. The Morgan fingerprint density at radius 2 is 1.81 bits per heavy atom. The van der Waals surface area contributed by atoms with Crippen molar-refractivity contribution < 1.29 is 22.4 Å². The number of anilines is 1. The second-order valence-corrected chi connectivity index (χ2v) is 13.7. The van der Waals surface area contributed by atoms with Gasteiger partial charge in [0.1, 0.15) is 17.8 Å². The monoisotopic (exact) mass is 608 g/mol. The van der Waals surface area contributed by atoms with Gasteiger partial charge in [-0.1, -0.05) is 6.07 Å². The number of likely N-dealkylation sites (tertiary alicyclic amines) is 2. The smallest absolute Gasteiger partial charge is 0.275 e. The van der Waals surface area contributed by atoms with Crippen molar-refractivity contribution >= 4 is 21.7 Å². The molecule has 3 aliphatic heterocycles. The van der Waals surface area contributed by atoms with E-state index in [2.05, 4.69) is 31.6 Å². The van der Waals surface area contributed by atoms with Crippen LogP contribution in [0.4, 0.5) is 5.82 Å². The predicted molar refractivity (Wildman–Crippen MR) is 161 cm³/mol. The van der Waals surface area contributed by atoms with Crippen LogP contribution < -0.4 is 14.4 Å². The molecule has 5 heterocycles. The van der Waals surface area contributed by atoms with Gasteiger partial charge in [-0.05, 0) is 86.4 Å². The molecule has 1 N–H and O–H groups in total. The Bertz CT molecular complexity index is 1540. The standard InChI is InChI=1S/C31H40N6O5S/c1-21-12-26(41-3)13-22(2)30(21)43(39,40)33-15-29-34-27(20-42-29)31(38)37-18-24-8-11-35(17-25(24)19-37)16-23-6-7-28(32-14-23)36-9-4-5-10-36/h6-7,12-14,20,24-25,33H,4-5,8-11,15-19H2,1-3H3. The van der Waals surface area contributed by atoms with Crippen molar-refractivity contribution in [3.63, 3.8) is 0 Å². The predicted octanol–water partition coefficient (Wildman–Crippen LogP) is 3.37. The number of aromatic nitrogens is 2. The number of benzene rings is 1. The number of oxazole rings is 1. The highest BCUT2D eigenvalue weighted by Gasteiger charge is 2.39. The van der Waals surface area contributed by atoms with E-state index in [0.717, 1.165) is 45.0 Å². The van der Waals surface area contributed by atoms with Gasteiger partial charge in [0.05, 0.1) is 18.6 Å². The fraction of sp³-hybridized carbons (Fsp3) is 0.516. The van der Waals surface area contributed by atoms with Crippen molar-refractivity contribution in [1.29, 1.82) is 0 Å². The number of ether oxygens (including phenoxy) is 1. The van der Waals surface area contributed by atoms with Crippen LogP contribution in [0.25, 0.3) is 0 Å². The van der Waals surface area contributed by atoms with E-state index in [-0.39, 0.29) is 28.9 Å². The molecule has 2 unspecified atom stereocenters. The van der Waals surface area contributed by atoms with Crippen molar-refractivity contribution in [2.75, 3.05) is 51.3 Å². The van der Waals surface area contributed by atoms with Crippen LogP contribution >= 0.6 is 0 Å². The summed E-state index contributed by atoms with van der Waals surface area (Å²) in [5.41, 5.74) is 2.57. The molecular formula is C31H40N6O5S. The van der Waals surface area contributed by atoms with Crippen molar-refractivity contribution in [2.24, 2.45) is 11.8 Å². The van der Waals surface area contributed by atoms with E-state index in [1.807, 2.05) is 11.1 Å². The maximum absolute atomic E-state index is 13.3. The number of amides is 1. The Kier molecular flexibility index (Phi) is 8.43. The van der Waals surface area contributed by atoms with E-state index in [4.69, 9.17) is 14.1 Å². The number of rotatable bonds is 9. The molecule has 2 aromatic heterocycles. The van der Waals surface area contributed by atoms with Crippen molar-refractivity contribution in [2.45, 2.75) is 51.1 Å². The van der Waals surface area contributed by atoms with Gasteiger partial charge >= 0.3 is 0 Å². The topological polar surface area (TPSA) is 121 Å². The van der Waals surface area contributed by atoms with Crippen LogP contribution in [0, 0.1) is 25.7 Å². The Hall–Kier alpha value is -3.48. The first kappa shape index (κ1) is 29.6. The molecule has 43 heavy (non-hydrogen) atoms. The summed E-state index contributed by atoms with van der Waals surface area (Å²) in [5.74, 6) is 2.50. The zero-order valence-electron chi connectivity index (χ0n) is 25.1. The largest absolute Gasteiger partial charge is 0.497 e. The number of nitrogens with one attached hydrogen (secondary N) is 1. The first-order chi connectivity index (χ1) is 20.7. The van der Waals surface area contributed by atoms with Gasteiger partial charge in [-0.15, -0.1) is 0 Å². The number of hydrogen-bond donors (Lipinski definition) is 1. The van der Waals surface area contributed by atoms with Gasteiger partial charge in [0.15, 0.2) is 5.69 Å². The molecule has 2 atom stereocenters. The van der Waals surface area contributed by atoms with Crippen LogP contribution in [0.15, 0.2) is 46.0 Å². The second-order valence-electron chi connectivity index (χ2n) is 12.0. The lowest BCUT2D eigenvalue weighted by Gasteiger charge is -2.34. The first-order valence-electron chi connectivity index (χ1n) is 15.0. The summed E-state index contributed by atoms with van der Waals surface area (Å²) in [7, 11) is -2.29. The minimum atomic E-state index is -3.83. The minimum absolute atomic E-state index is 0.142. The maximum Gasteiger partial charge on any atom is 0.275 e. The minimum Gasteiger partial charge on any atom is -0.497 e. The highest BCUT2D eigenvalue weighted by atomic mass is 32.2. The van der Waals surface area contributed by atoms with Gasteiger partial charge in [-0.25, -0.2) is 23.1 Å². The summed E-state index contributed by atoms with van der Waals surface area (Å²) in [6, 6.07) is 7.70. The van der Waals surface area contributed by atoms with Gasteiger partial charge in [-0.2, -0.15) is 0 Å². The summed E-state index contributed by atoms with van der Waals surface area (Å²) in [5, 5.41) is 0. The van der Waals surface area contributed by atoms with Gasteiger partial charge in [0, 0.05) is 45.5 Å². The SMILES string of the molecule is COc1cc(C)c(S(=O)(=O)NCc2nc(C(=O)N3CC4CCN(Cc5ccc(N6CCCC6)nc5)CC4C3)co2)c(C)c1. The van der Waals surface area contributed by atoms with Crippen molar-refractivity contribution in [1.82, 2.24) is 24.5 Å². The van der Waals surface area contributed by atoms with Crippen molar-refractivity contribution in [3.8, 4) is 5.75 Å². The van der Waals surface area contributed by atoms with E-state index in [0.29, 0.717) is 41.8 Å². The quantitative estimate of drug-likeness (QED) is 0.390. The van der Waals surface area contributed by atoms with Gasteiger partial charge in [-0.3, -0.25) is 9.69 Å². The number of methoxy groups -OCH3 is 1. The normalized spacial score (nSPS) is 20.9. The van der Waals surface area contributed by atoms with Crippen molar-refractivity contribution in [3.05, 3.63) is 65.0 Å². The number of pyridine rings is 1. The number of carbonyl (C=O) groups excluding carboxylic acids is 1. The number of carbonyl (C=O) groups is 1. The molecule has 1 amide bonds. The van der Waals surface area contributed by atoms with E-state index < -0.39 is 10.0 Å². The average molecular weight is 609 g/mol. The fourth-order valence-electron chi connectivity index (χ4n) is 6.79. The lowest BCUT2D eigenvalue weighted by molar-refractivity contribution is 0.0777. The molecule has 0 radical (unpaired) electrons. The number of nitrogens with zero attached hydrogens (tertiary/aromatic N) is 5. The molecule has 11 nitrogen and oxygen atoms in total. The molecule has 3 fully saturated rings. The summed E-state index contributed by atoms with van der Waals surface area (Å²) >= 11 is 0. The van der Waals surface area contributed by atoms with E-state index >= 15 is 0 Å². The van der Waals surface area contributed by atoms with Gasteiger partial charge in [0.2, 0.25) is 15.9 Å². The molecule has 0 saturated carbocycles. The van der Waals surface area contributed by atoms with Crippen LogP contribution in [0.5, 0.6) is 5.75 Å². The Balaban J connectivity index is 1.02. The Labute approximate surface area is 253 Å². The van der Waals surface area contributed by atoms with Crippen LogP contribution in [-0.2, 0) is 23.1 Å². The van der Waals surface area contributed by atoms with Crippen LogP contribution in [0.2, 0.25) is 0 Å². The average Bonchev–Trinajstić information content (AvgIpc) is 3.77. The van der Waals surface area contributed by atoms with E-state index in [1.54, 1.807) is 33.1 Å². The maximum atomic E-state index is 13.3. The number of sulfonamides is 1. The zero-order chi connectivity index (χ0) is 30.1. The highest BCUT2D eigenvalue weighted by Crippen LogP contribution is 2.33. The molecule has 3 saturated heterocycles. The lowest BCUT2D eigenvalue weighted by atomic mass is 9.88. The molecule has 230 valence electrons. The third-order valence-corrected chi connectivity index (χ3v) is 10.6. The second kappa shape index (κ2) is 12.3. The lowest BCUT2D eigenvalue weighted by Crippen LogP contribution is -2.39. The number of fused-ring (bicyclic) bond motifs is 1. The van der Waals surface area contributed by atoms with Crippen LogP contribution in [-0.4, -0.2) is 80.5 Å². The number of aryl methyl sites for hydroxylation is 2. The summed E-state index contributed by atoms with van der Waals surface area (Å²) in [6.07, 6.45) is 6.85. The van der Waals surface area contributed by atoms with E-state index in [9.17, 15) is 13.2 Å². The van der Waals surface area contributed by atoms with Gasteiger partial charge in [0.25, 0.3) is 5.91 Å². The third kappa shape index (κ3) is 6.41. The van der Waals surface area contributed by atoms with Crippen LogP contribution in [0.3, 0.4) is 0 Å². The molecule has 3 aliphatic rings. The Morgan fingerprint density at radius 3 is 2.51 bits per heavy atom.